The molecule has 5 heteroatoms. The van der Waals surface area contributed by atoms with Crippen LogP contribution >= 0.6 is 0 Å². The largest absolute Gasteiger partial charge is 0.469 e. The Labute approximate surface area is 94.4 Å². The Bertz CT molecular complexity index is 290. The van der Waals surface area contributed by atoms with Gasteiger partial charge in [-0.25, -0.2) is 4.79 Å². The molecule has 0 spiro atoms. The number of amides is 1. The lowest BCUT2D eigenvalue weighted by Gasteiger charge is -2.15. The Morgan fingerprint density at radius 2 is 1.88 bits per heavy atom. The first-order chi connectivity index (χ1) is 7.60. The summed E-state index contributed by atoms with van der Waals surface area (Å²) in [6.07, 6.45) is 1.59. The molecule has 1 saturated heterocycles. The van der Waals surface area contributed by atoms with Crippen molar-refractivity contribution in [3.8, 4) is 0 Å². The van der Waals surface area contributed by atoms with Gasteiger partial charge in [-0.3, -0.25) is 4.79 Å². The molecule has 0 aromatic heterocycles. The molecule has 2 rings (SSSR count). The normalized spacial score (nSPS) is 32.6. The van der Waals surface area contributed by atoms with Gasteiger partial charge in [0.1, 0.15) is 0 Å². The van der Waals surface area contributed by atoms with Crippen molar-refractivity contribution in [1.29, 1.82) is 0 Å². The zero-order valence-corrected chi connectivity index (χ0v) is 9.39. The number of fused-ring (bicyclic) bond motifs is 1. The Morgan fingerprint density at radius 3 is 2.31 bits per heavy atom. The number of rotatable bonds is 2. The molecule has 1 aliphatic carbocycles. The van der Waals surface area contributed by atoms with Crippen LogP contribution in [0.1, 0.15) is 19.3 Å². The summed E-state index contributed by atoms with van der Waals surface area (Å²) >= 11 is 0. The van der Waals surface area contributed by atoms with Crippen molar-refractivity contribution in [3.05, 3.63) is 0 Å². The van der Waals surface area contributed by atoms with E-state index in [2.05, 4.69) is 4.74 Å². The molecular weight excluding hydrogens is 210 g/mol. The molecule has 0 radical (unpaired) electrons. The van der Waals surface area contributed by atoms with Gasteiger partial charge in [-0.15, -0.1) is 0 Å². The maximum atomic E-state index is 11.1. The van der Waals surface area contributed by atoms with Crippen molar-refractivity contribution in [3.63, 3.8) is 0 Å². The second-order valence-corrected chi connectivity index (χ2v) is 4.83. The van der Waals surface area contributed by atoms with Gasteiger partial charge in [-0.2, -0.15) is 0 Å². The van der Waals surface area contributed by atoms with Crippen molar-refractivity contribution in [2.45, 2.75) is 19.3 Å². The average molecular weight is 227 g/mol. The van der Waals surface area contributed by atoms with Crippen molar-refractivity contribution < 1.29 is 19.4 Å². The average Bonchev–Trinajstić information content (AvgIpc) is 2.74. The molecule has 1 aliphatic heterocycles. The van der Waals surface area contributed by atoms with Gasteiger partial charge in [0.05, 0.1) is 7.11 Å². The van der Waals surface area contributed by atoms with E-state index < -0.39 is 6.09 Å². The van der Waals surface area contributed by atoms with Crippen LogP contribution in [0.25, 0.3) is 0 Å². The molecule has 2 atom stereocenters. The van der Waals surface area contributed by atoms with Crippen LogP contribution in [-0.2, 0) is 9.53 Å². The third-order valence-corrected chi connectivity index (χ3v) is 3.80. The van der Waals surface area contributed by atoms with Crippen LogP contribution in [0, 0.1) is 17.8 Å². The van der Waals surface area contributed by atoms with Crippen molar-refractivity contribution in [2.75, 3.05) is 20.2 Å². The van der Waals surface area contributed by atoms with E-state index >= 15 is 0 Å². The minimum Gasteiger partial charge on any atom is -0.469 e. The number of carbonyl (C=O) groups is 2. The van der Waals surface area contributed by atoms with Crippen molar-refractivity contribution >= 4 is 12.1 Å². The second-order valence-electron chi connectivity index (χ2n) is 4.83. The fraction of sp³-hybridized carbons (Fsp3) is 0.818. The fourth-order valence-electron chi connectivity index (χ4n) is 3.07. The van der Waals surface area contributed by atoms with Gasteiger partial charge in [0, 0.05) is 19.5 Å². The molecule has 1 N–H and O–H groups in total. The van der Waals surface area contributed by atoms with Gasteiger partial charge in [-0.05, 0) is 30.6 Å². The maximum Gasteiger partial charge on any atom is 0.407 e. The Morgan fingerprint density at radius 1 is 1.31 bits per heavy atom. The molecule has 90 valence electrons. The summed E-state index contributed by atoms with van der Waals surface area (Å²) in [6, 6.07) is 0. The molecule has 16 heavy (non-hydrogen) atoms. The molecule has 2 aliphatic rings. The summed E-state index contributed by atoms with van der Waals surface area (Å²) in [5.74, 6) is 1.13. The van der Waals surface area contributed by atoms with E-state index in [-0.39, 0.29) is 5.97 Å². The number of hydrogen-bond donors (Lipinski definition) is 1. The molecule has 1 amide bonds. The van der Waals surface area contributed by atoms with Gasteiger partial charge >= 0.3 is 12.1 Å². The van der Waals surface area contributed by atoms with E-state index in [4.69, 9.17) is 5.11 Å². The molecule has 2 fully saturated rings. The molecule has 2 unspecified atom stereocenters. The third kappa shape index (κ3) is 2.13. The van der Waals surface area contributed by atoms with Crippen molar-refractivity contribution in [2.24, 2.45) is 17.8 Å². The van der Waals surface area contributed by atoms with E-state index in [1.54, 1.807) is 0 Å². The van der Waals surface area contributed by atoms with E-state index in [0.717, 1.165) is 12.8 Å². The number of likely N-dealkylation sites (tertiary alicyclic amines) is 1. The molecule has 0 bridgehead atoms. The molecule has 5 nitrogen and oxygen atoms in total. The summed E-state index contributed by atoms with van der Waals surface area (Å²) in [5, 5.41) is 8.87. The minimum atomic E-state index is -0.820. The highest BCUT2D eigenvalue weighted by atomic mass is 16.5. The van der Waals surface area contributed by atoms with Gasteiger partial charge in [-0.1, -0.05) is 0 Å². The number of nitrogens with zero attached hydrogens (tertiary/aromatic N) is 1. The number of carbonyl (C=O) groups excluding carboxylic acids is 1. The monoisotopic (exact) mass is 227 g/mol. The van der Waals surface area contributed by atoms with Gasteiger partial charge in [0.15, 0.2) is 0 Å². The Kier molecular flexibility index (Phi) is 3.03. The first-order valence-corrected chi connectivity index (χ1v) is 5.64. The molecule has 1 heterocycles. The fourth-order valence-corrected chi connectivity index (χ4v) is 3.07. The number of methoxy groups -OCH3 is 1. The van der Waals surface area contributed by atoms with Crippen LogP contribution in [0.4, 0.5) is 4.79 Å². The predicted molar refractivity (Wildman–Crippen MR) is 55.9 cm³/mol. The summed E-state index contributed by atoms with van der Waals surface area (Å²) in [7, 11) is 1.41. The van der Waals surface area contributed by atoms with E-state index in [1.165, 1.54) is 12.0 Å². The maximum absolute atomic E-state index is 11.1. The smallest absolute Gasteiger partial charge is 0.407 e. The molecule has 0 aromatic carbocycles. The Balaban J connectivity index is 1.84. The zero-order chi connectivity index (χ0) is 11.7. The first-order valence-electron chi connectivity index (χ1n) is 5.64. The zero-order valence-electron chi connectivity index (χ0n) is 9.39. The SMILES string of the molecule is COC(=O)CC1CC2CN(C(=O)O)CC2C1. The predicted octanol–water partition coefficient (Wildman–Crippen LogP) is 1.19. The number of ether oxygens (including phenoxy) is 1. The summed E-state index contributed by atoms with van der Waals surface area (Å²) in [4.78, 5) is 23.4. The lowest BCUT2D eigenvalue weighted by molar-refractivity contribution is -0.141. The first kappa shape index (κ1) is 11.2. The number of esters is 1. The van der Waals surface area contributed by atoms with Crippen LogP contribution in [0.3, 0.4) is 0 Å². The topological polar surface area (TPSA) is 66.8 Å². The molecule has 1 saturated carbocycles. The van der Waals surface area contributed by atoms with Gasteiger partial charge in [0.2, 0.25) is 0 Å². The highest BCUT2D eigenvalue weighted by Gasteiger charge is 2.42. The number of hydrogen-bond acceptors (Lipinski definition) is 3. The van der Waals surface area contributed by atoms with Gasteiger partial charge in [0.25, 0.3) is 0 Å². The second kappa shape index (κ2) is 4.31. The van der Waals surface area contributed by atoms with Crippen molar-refractivity contribution in [1.82, 2.24) is 4.90 Å². The molecule has 0 aromatic rings. The lowest BCUT2D eigenvalue weighted by atomic mass is 10.0. The number of carboxylic acid groups (broad SMARTS) is 1. The van der Waals surface area contributed by atoms with Crippen LogP contribution < -0.4 is 0 Å². The standard InChI is InChI=1S/C11H17NO4/c1-16-10(13)4-7-2-8-5-12(11(14)15)6-9(8)3-7/h7-9H,2-6H2,1H3,(H,14,15). The summed E-state index contributed by atoms with van der Waals surface area (Å²) in [6.45, 7) is 1.27. The van der Waals surface area contributed by atoms with Crippen LogP contribution in [0.5, 0.6) is 0 Å². The quantitative estimate of drug-likeness (QED) is 0.719. The third-order valence-electron chi connectivity index (χ3n) is 3.80. The van der Waals surface area contributed by atoms with Crippen LogP contribution in [0.2, 0.25) is 0 Å². The van der Waals surface area contributed by atoms with E-state index in [1.807, 2.05) is 0 Å². The van der Waals surface area contributed by atoms with Gasteiger partial charge < -0.3 is 14.7 Å². The van der Waals surface area contributed by atoms with E-state index in [9.17, 15) is 9.59 Å². The minimum absolute atomic E-state index is 0.153. The highest BCUT2D eigenvalue weighted by Crippen LogP contribution is 2.42. The summed E-state index contributed by atoms with van der Waals surface area (Å²) in [5.41, 5.74) is 0. The summed E-state index contributed by atoms with van der Waals surface area (Å²) < 4.78 is 4.65. The Hall–Kier alpha value is -1.26. The van der Waals surface area contributed by atoms with Crippen LogP contribution in [-0.4, -0.2) is 42.3 Å². The van der Waals surface area contributed by atoms with Crippen LogP contribution in [0.15, 0.2) is 0 Å². The lowest BCUT2D eigenvalue weighted by Crippen LogP contribution is -2.28. The highest BCUT2D eigenvalue weighted by molar-refractivity contribution is 5.69. The van der Waals surface area contributed by atoms with E-state index in [0.29, 0.717) is 37.3 Å². The molecular formula is C11H17NO4.